The van der Waals surface area contributed by atoms with Gasteiger partial charge < -0.3 is 10.2 Å². The van der Waals surface area contributed by atoms with Crippen molar-refractivity contribution in [1.29, 1.82) is 0 Å². The van der Waals surface area contributed by atoms with Crippen LogP contribution in [0.25, 0.3) is 0 Å². The SMILES string of the molecule is CCCCCC[C@@H]1C(=O)[C@@H]2[C@@H](CO)C[C@@H](CO)[C@@H]2[C@H]1C. The van der Waals surface area contributed by atoms with Gasteiger partial charge in [0, 0.05) is 25.0 Å². The van der Waals surface area contributed by atoms with Crippen molar-refractivity contribution in [1.82, 2.24) is 0 Å². The van der Waals surface area contributed by atoms with E-state index in [0.29, 0.717) is 17.6 Å². The van der Waals surface area contributed by atoms with Gasteiger partial charge in [0.15, 0.2) is 0 Å². The molecule has 2 aliphatic carbocycles. The Morgan fingerprint density at radius 2 is 1.80 bits per heavy atom. The fourth-order valence-electron chi connectivity index (χ4n) is 4.83. The van der Waals surface area contributed by atoms with E-state index in [1.807, 2.05) is 0 Å². The summed E-state index contributed by atoms with van der Waals surface area (Å²) < 4.78 is 0. The molecule has 6 atom stereocenters. The molecule has 2 rings (SSSR count). The van der Waals surface area contributed by atoms with Crippen LogP contribution < -0.4 is 0 Å². The molecule has 0 heterocycles. The highest BCUT2D eigenvalue weighted by Gasteiger charge is 2.56. The van der Waals surface area contributed by atoms with E-state index in [9.17, 15) is 15.0 Å². The summed E-state index contributed by atoms with van der Waals surface area (Å²) >= 11 is 0. The molecule has 116 valence electrons. The maximum atomic E-state index is 12.7. The Morgan fingerprint density at radius 1 is 1.10 bits per heavy atom. The zero-order valence-corrected chi connectivity index (χ0v) is 12.9. The van der Waals surface area contributed by atoms with E-state index in [4.69, 9.17) is 0 Å². The second-order valence-corrected chi connectivity index (χ2v) is 6.94. The maximum Gasteiger partial charge on any atom is 0.139 e. The van der Waals surface area contributed by atoms with Gasteiger partial charge in [-0.1, -0.05) is 39.5 Å². The molecule has 0 spiro atoms. The first-order chi connectivity index (χ1) is 9.65. The molecule has 0 aromatic heterocycles. The van der Waals surface area contributed by atoms with E-state index in [1.54, 1.807) is 0 Å². The third-order valence-corrected chi connectivity index (χ3v) is 5.85. The number of ketones is 1. The first kappa shape index (κ1) is 16.0. The summed E-state index contributed by atoms with van der Waals surface area (Å²) in [6.07, 6.45) is 6.65. The lowest BCUT2D eigenvalue weighted by molar-refractivity contribution is -0.126. The number of Topliss-reactive ketones (excluding diaryl/α,β-unsaturated/α-hetero) is 1. The summed E-state index contributed by atoms with van der Waals surface area (Å²) in [5, 5.41) is 19.1. The summed E-state index contributed by atoms with van der Waals surface area (Å²) in [7, 11) is 0. The van der Waals surface area contributed by atoms with Crippen molar-refractivity contribution in [3.8, 4) is 0 Å². The Hall–Kier alpha value is -0.410. The molecule has 2 aliphatic rings. The van der Waals surface area contributed by atoms with Gasteiger partial charge in [-0.3, -0.25) is 4.79 Å². The average Bonchev–Trinajstić information content (AvgIpc) is 2.94. The second kappa shape index (κ2) is 7.04. The summed E-state index contributed by atoms with van der Waals surface area (Å²) in [6.45, 7) is 4.65. The first-order valence-electron chi connectivity index (χ1n) is 8.41. The summed E-state index contributed by atoms with van der Waals surface area (Å²) in [5.41, 5.74) is 0. The van der Waals surface area contributed by atoms with Crippen LogP contribution in [-0.2, 0) is 4.79 Å². The van der Waals surface area contributed by atoms with E-state index >= 15 is 0 Å². The molecule has 0 unspecified atom stereocenters. The fraction of sp³-hybridized carbons (Fsp3) is 0.941. The average molecular weight is 282 g/mol. The zero-order valence-electron chi connectivity index (χ0n) is 12.9. The molecule has 2 saturated carbocycles. The van der Waals surface area contributed by atoms with Gasteiger partial charge in [-0.05, 0) is 36.5 Å². The molecular formula is C17H30O3. The fourth-order valence-corrected chi connectivity index (χ4v) is 4.83. The van der Waals surface area contributed by atoms with Crippen LogP contribution in [-0.4, -0.2) is 29.2 Å². The normalized spacial score (nSPS) is 40.3. The first-order valence-corrected chi connectivity index (χ1v) is 8.41. The number of carbonyl (C=O) groups is 1. The largest absolute Gasteiger partial charge is 0.396 e. The number of hydrogen-bond donors (Lipinski definition) is 2. The maximum absolute atomic E-state index is 12.7. The Bertz CT molecular complexity index is 328. The molecule has 2 fully saturated rings. The highest BCUT2D eigenvalue weighted by Crippen LogP contribution is 2.54. The van der Waals surface area contributed by atoms with Crippen molar-refractivity contribution in [3.05, 3.63) is 0 Å². The number of aliphatic hydroxyl groups excluding tert-OH is 2. The molecule has 20 heavy (non-hydrogen) atoms. The van der Waals surface area contributed by atoms with Crippen LogP contribution in [0, 0.1) is 35.5 Å². The monoisotopic (exact) mass is 282 g/mol. The van der Waals surface area contributed by atoms with Gasteiger partial charge in [-0.2, -0.15) is 0 Å². The molecule has 2 N–H and O–H groups in total. The van der Waals surface area contributed by atoms with Crippen molar-refractivity contribution >= 4 is 5.78 Å². The van der Waals surface area contributed by atoms with E-state index in [-0.39, 0.29) is 36.9 Å². The summed E-state index contributed by atoms with van der Waals surface area (Å²) in [5.74, 6) is 1.57. The number of rotatable bonds is 7. The van der Waals surface area contributed by atoms with Crippen LogP contribution in [0.2, 0.25) is 0 Å². The summed E-state index contributed by atoms with van der Waals surface area (Å²) in [4.78, 5) is 12.7. The number of unbranched alkanes of at least 4 members (excludes halogenated alkanes) is 3. The van der Waals surface area contributed by atoms with Crippen LogP contribution in [0.4, 0.5) is 0 Å². The standard InChI is InChI=1S/C17H30O3/c1-3-4-5-6-7-14-11(2)15-12(9-18)8-13(10-19)16(15)17(14)20/h11-16,18-19H,3-10H2,1-2H3/t11-,12-,13+,14-,15-,16+/m0/s1. The molecule has 0 aromatic rings. The van der Waals surface area contributed by atoms with Gasteiger partial charge in [-0.15, -0.1) is 0 Å². The van der Waals surface area contributed by atoms with Crippen LogP contribution >= 0.6 is 0 Å². The predicted molar refractivity (Wildman–Crippen MR) is 79.2 cm³/mol. The van der Waals surface area contributed by atoms with E-state index in [2.05, 4.69) is 13.8 Å². The third-order valence-electron chi connectivity index (χ3n) is 5.85. The number of carbonyl (C=O) groups excluding carboxylic acids is 1. The molecule has 0 aromatic carbocycles. The zero-order chi connectivity index (χ0) is 14.7. The Labute approximate surface area is 122 Å². The Morgan fingerprint density at radius 3 is 2.40 bits per heavy atom. The number of hydrogen-bond acceptors (Lipinski definition) is 3. The van der Waals surface area contributed by atoms with Gasteiger partial charge in [0.1, 0.15) is 5.78 Å². The highest BCUT2D eigenvalue weighted by molar-refractivity contribution is 5.87. The van der Waals surface area contributed by atoms with Crippen LogP contribution in [0.3, 0.4) is 0 Å². The molecule has 3 heteroatoms. The van der Waals surface area contributed by atoms with Crippen molar-refractivity contribution < 1.29 is 15.0 Å². The van der Waals surface area contributed by atoms with E-state index in [0.717, 1.165) is 19.3 Å². The van der Waals surface area contributed by atoms with Crippen molar-refractivity contribution in [2.75, 3.05) is 13.2 Å². The Kier molecular flexibility index (Phi) is 5.62. The van der Waals surface area contributed by atoms with E-state index in [1.165, 1.54) is 19.3 Å². The molecule has 0 radical (unpaired) electrons. The molecule has 0 bridgehead atoms. The minimum absolute atomic E-state index is 0.0170. The van der Waals surface area contributed by atoms with Gasteiger partial charge >= 0.3 is 0 Å². The van der Waals surface area contributed by atoms with Crippen molar-refractivity contribution in [2.24, 2.45) is 35.5 Å². The molecule has 0 aliphatic heterocycles. The third kappa shape index (κ3) is 2.80. The topological polar surface area (TPSA) is 57.5 Å². The minimum atomic E-state index is 0.0170. The van der Waals surface area contributed by atoms with Gasteiger partial charge in [-0.25, -0.2) is 0 Å². The van der Waals surface area contributed by atoms with Crippen LogP contribution in [0.1, 0.15) is 52.4 Å². The molecule has 3 nitrogen and oxygen atoms in total. The van der Waals surface area contributed by atoms with Gasteiger partial charge in [0.05, 0.1) is 0 Å². The van der Waals surface area contributed by atoms with Crippen molar-refractivity contribution in [3.63, 3.8) is 0 Å². The molecule has 0 amide bonds. The Balaban J connectivity index is 2.02. The molecular weight excluding hydrogens is 252 g/mol. The lowest BCUT2D eigenvalue weighted by Gasteiger charge is -2.23. The van der Waals surface area contributed by atoms with Crippen LogP contribution in [0.15, 0.2) is 0 Å². The quantitative estimate of drug-likeness (QED) is 0.706. The summed E-state index contributed by atoms with van der Waals surface area (Å²) in [6, 6.07) is 0. The highest BCUT2D eigenvalue weighted by atomic mass is 16.3. The van der Waals surface area contributed by atoms with Gasteiger partial charge in [0.25, 0.3) is 0 Å². The lowest BCUT2D eigenvalue weighted by Crippen LogP contribution is -2.23. The second-order valence-electron chi connectivity index (χ2n) is 6.94. The number of fused-ring (bicyclic) bond motifs is 1. The van der Waals surface area contributed by atoms with Gasteiger partial charge in [0.2, 0.25) is 0 Å². The van der Waals surface area contributed by atoms with E-state index < -0.39 is 0 Å². The van der Waals surface area contributed by atoms with Crippen molar-refractivity contribution in [2.45, 2.75) is 52.4 Å². The predicted octanol–water partition coefficient (Wildman–Crippen LogP) is 2.64. The lowest BCUT2D eigenvalue weighted by atomic mass is 9.82. The van der Waals surface area contributed by atoms with Crippen LogP contribution in [0.5, 0.6) is 0 Å². The molecule has 0 saturated heterocycles. The number of aliphatic hydroxyl groups is 2. The minimum Gasteiger partial charge on any atom is -0.396 e. The smallest absolute Gasteiger partial charge is 0.139 e.